The van der Waals surface area contributed by atoms with E-state index < -0.39 is 0 Å². The van der Waals surface area contributed by atoms with Crippen LogP contribution >= 0.6 is 0 Å². The molecule has 0 fully saturated rings. The van der Waals surface area contributed by atoms with Crippen LogP contribution in [0.1, 0.15) is 5.56 Å². The standard InChI is InChI=1S/C31H33N7O3/c1-37(2)13-7-10-30(39)36-27-17-25-26(18-29(27)41-15-14-40-3)32-21-33-31(25)35-24-11-12-28-23(16-24)19-34-38(28)20-22-8-5-4-6-9-22/h4-12,16-19,21H,13-15,20H2,1-3H3,(H,36,39)(H,32,33,35)/b10-7+. The second-order valence-corrected chi connectivity index (χ2v) is 9.77. The maximum absolute atomic E-state index is 12.7. The molecule has 2 aromatic heterocycles. The molecule has 0 atom stereocenters. The van der Waals surface area contributed by atoms with Crippen molar-refractivity contribution in [1.82, 2.24) is 24.6 Å². The van der Waals surface area contributed by atoms with Gasteiger partial charge < -0.3 is 25.0 Å². The number of hydrogen-bond donors (Lipinski definition) is 2. The van der Waals surface area contributed by atoms with Gasteiger partial charge in [0.25, 0.3) is 0 Å². The van der Waals surface area contributed by atoms with Crippen LogP contribution < -0.4 is 15.4 Å². The molecule has 210 valence electrons. The van der Waals surface area contributed by atoms with Gasteiger partial charge in [0.15, 0.2) is 0 Å². The number of ether oxygens (including phenoxy) is 2. The zero-order valence-electron chi connectivity index (χ0n) is 23.4. The molecule has 0 saturated heterocycles. The minimum absolute atomic E-state index is 0.257. The van der Waals surface area contributed by atoms with Crippen molar-refractivity contribution in [2.24, 2.45) is 0 Å². The highest BCUT2D eigenvalue weighted by molar-refractivity contribution is 6.03. The normalized spacial score (nSPS) is 11.5. The molecule has 41 heavy (non-hydrogen) atoms. The Hall–Kier alpha value is -4.80. The molecule has 10 heteroatoms. The van der Waals surface area contributed by atoms with Crippen molar-refractivity contribution in [3.8, 4) is 5.75 Å². The zero-order valence-corrected chi connectivity index (χ0v) is 23.4. The number of nitrogens with zero attached hydrogens (tertiary/aromatic N) is 5. The summed E-state index contributed by atoms with van der Waals surface area (Å²) in [6, 6.07) is 20.0. The highest BCUT2D eigenvalue weighted by atomic mass is 16.5. The summed E-state index contributed by atoms with van der Waals surface area (Å²) in [7, 11) is 5.49. The second-order valence-electron chi connectivity index (χ2n) is 9.77. The number of aromatic nitrogens is 4. The number of nitrogens with one attached hydrogen (secondary N) is 2. The fourth-order valence-electron chi connectivity index (χ4n) is 4.36. The van der Waals surface area contributed by atoms with Crippen LogP contribution in [0.25, 0.3) is 21.8 Å². The van der Waals surface area contributed by atoms with Gasteiger partial charge >= 0.3 is 0 Å². The van der Waals surface area contributed by atoms with E-state index in [1.807, 2.05) is 72.3 Å². The summed E-state index contributed by atoms with van der Waals surface area (Å²) >= 11 is 0. The van der Waals surface area contributed by atoms with Crippen molar-refractivity contribution in [3.05, 3.63) is 90.9 Å². The first-order chi connectivity index (χ1) is 20.0. The Bertz CT molecular complexity index is 1670. The van der Waals surface area contributed by atoms with Crippen LogP contribution in [0.4, 0.5) is 17.2 Å². The predicted octanol–water partition coefficient (Wildman–Crippen LogP) is 4.85. The van der Waals surface area contributed by atoms with E-state index in [2.05, 4.69) is 37.8 Å². The quantitative estimate of drug-likeness (QED) is 0.167. The Labute approximate surface area is 238 Å². The molecule has 2 N–H and O–H groups in total. The summed E-state index contributed by atoms with van der Waals surface area (Å²) in [6.07, 6.45) is 6.68. The summed E-state index contributed by atoms with van der Waals surface area (Å²) in [5.74, 6) is 0.848. The number of methoxy groups -OCH3 is 1. The molecule has 0 aliphatic heterocycles. The topological polar surface area (TPSA) is 106 Å². The van der Waals surface area contributed by atoms with Crippen molar-refractivity contribution in [1.29, 1.82) is 0 Å². The van der Waals surface area contributed by atoms with Crippen LogP contribution in [0.5, 0.6) is 5.75 Å². The lowest BCUT2D eigenvalue weighted by atomic mass is 10.1. The lowest BCUT2D eigenvalue weighted by Gasteiger charge is -2.15. The summed E-state index contributed by atoms with van der Waals surface area (Å²) in [4.78, 5) is 23.6. The van der Waals surface area contributed by atoms with E-state index in [0.29, 0.717) is 49.1 Å². The number of carbonyl (C=O) groups is 1. The van der Waals surface area contributed by atoms with E-state index in [9.17, 15) is 4.79 Å². The summed E-state index contributed by atoms with van der Waals surface area (Å²) in [5.41, 5.74) is 4.27. The van der Waals surface area contributed by atoms with Crippen LogP contribution in [0.15, 0.2) is 85.3 Å². The minimum Gasteiger partial charge on any atom is -0.489 e. The monoisotopic (exact) mass is 551 g/mol. The SMILES string of the molecule is COCCOc1cc2ncnc(Nc3ccc4c(cnn4Cc4ccccc4)c3)c2cc1NC(=O)/C=C/CN(C)C. The number of rotatable bonds is 12. The number of anilines is 3. The largest absolute Gasteiger partial charge is 0.489 e. The van der Waals surface area contributed by atoms with Gasteiger partial charge in [0, 0.05) is 42.3 Å². The van der Waals surface area contributed by atoms with Gasteiger partial charge in [-0.05, 0) is 43.9 Å². The molecule has 5 rings (SSSR count). The maximum atomic E-state index is 12.7. The molecule has 0 bridgehead atoms. The molecule has 0 saturated carbocycles. The Kier molecular flexibility index (Phi) is 8.82. The third kappa shape index (κ3) is 7.05. The van der Waals surface area contributed by atoms with Gasteiger partial charge in [0.2, 0.25) is 5.91 Å². The van der Waals surface area contributed by atoms with Crippen molar-refractivity contribution in [2.75, 3.05) is 51.6 Å². The van der Waals surface area contributed by atoms with E-state index in [0.717, 1.165) is 22.0 Å². The van der Waals surface area contributed by atoms with Gasteiger partial charge in [0.1, 0.15) is 24.5 Å². The van der Waals surface area contributed by atoms with E-state index in [4.69, 9.17) is 9.47 Å². The number of likely N-dealkylation sites (N-methyl/N-ethyl adjacent to an activating group) is 1. The minimum atomic E-state index is -0.257. The average Bonchev–Trinajstić information content (AvgIpc) is 3.35. The van der Waals surface area contributed by atoms with Crippen LogP contribution in [0, 0.1) is 0 Å². The van der Waals surface area contributed by atoms with E-state index in [-0.39, 0.29) is 5.91 Å². The smallest absolute Gasteiger partial charge is 0.248 e. The van der Waals surface area contributed by atoms with E-state index >= 15 is 0 Å². The van der Waals surface area contributed by atoms with Gasteiger partial charge in [-0.3, -0.25) is 9.48 Å². The molecule has 2 heterocycles. The molecule has 0 aliphatic carbocycles. The Morgan fingerprint density at radius 1 is 1.05 bits per heavy atom. The molecule has 0 spiro atoms. The van der Waals surface area contributed by atoms with Gasteiger partial charge in [0.05, 0.1) is 36.1 Å². The number of benzene rings is 3. The van der Waals surface area contributed by atoms with Gasteiger partial charge in [-0.25, -0.2) is 9.97 Å². The molecular weight excluding hydrogens is 518 g/mol. The lowest BCUT2D eigenvalue weighted by molar-refractivity contribution is -0.111. The highest BCUT2D eigenvalue weighted by Crippen LogP contribution is 2.34. The van der Waals surface area contributed by atoms with Crippen LogP contribution in [0.3, 0.4) is 0 Å². The van der Waals surface area contributed by atoms with Crippen molar-refractivity contribution in [2.45, 2.75) is 6.54 Å². The second kappa shape index (κ2) is 13.0. The Morgan fingerprint density at radius 2 is 1.90 bits per heavy atom. The van der Waals surface area contributed by atoms with Crippen LogP contribution in [-0.2, 0) is 16.1 Å². The third-order valence-electron chi connectivity index (χ3n) is 6.36. The number of fused-ring (bicyclic) bond motifs is 2. The molecule has 5 aromatic rings. The fourth-order valence-corrected chi connectivity index (χ4v) is 4.36. The highest BCUT2D eigenvalue weighted by Gasteiger charge is 2.14. The molecule has 0 aliphatic rings. The average molecular weight is 552 g/mol. The summed E-state index contributed by atoms with van der Waals surface area (Å²) in [6.45, 7) is 2.09. The first-order valence-corrected chi connectivity index (χ1v) is 13.3. The van der Waals surface area contributed by atoms with Gasteiger partial charge in [-0.15, -0.1) is 0 Å². The number of amides is 1. The first kappa shape index (κ1) is 27.8. The summed E-state index contributed by atoms with van der Waals surface area (Å²) in [5, 5.41) is 12.7. The van der Waals surface area contributed by atoms with Gasteiger partial charge in [-0.2, -0.15) is 5.10 Å². The molecule has 0 radical (unpaired) electrons. The first-order valence-electron chi connectivity index (χ1n) is 13.3. The van der Waals surface area contributed by atoms with Crippen LogP contribution in [-0.4, -0.2) is 71.5 Å². The van der Waals surface area contributed by atoms with Crippen molar-refractivity contribution < 1.29 is 14.3 Å². The summed E-state index contributed by atoms with van der Waals surface area (Å²) < 4.78 is 13.0. The molecule has 1 amide bonds. The lowest BCUT2D eigenvalue weighted by Crippen LogP contribution is -2.14. The van der Waals surface area contributed by atoms with E-state index in [1.165, 1.54) is 18.0 Å². The maximum Gasteiger partial charge on any atom is 0.248 e. The fraction of sp³-hybridized carbons (Fsp3) is 0.226. The van der Waals surface area contributed by atoms with Crippen molar-refractivity contribution in [3.63, 3.8) is 0 Å². The molecule has 10 nitrogen and oxygen atoms in total. The Morgan fingerprint density at radius 3 is 2.71 bits per heavy atom. The zero-order chi connectivity index (χ0) is 28.6. The third-order valence-corrected chi connectivity index (χ3v) is 6.36. The number of hydrogen-bond acceptors (Lipinski definition) is 8. The van der Waals surface area contributed by atoms with E-state index in [1.54, 1.807) is 19.3 Å². The van der Waals surface area contributed by atoms with Crippen molar-refractivity contribution >= 4 is 44.9 Å². The molecule has 3 aromatic carbocycles. The Balaban J connectivity index is 1.42. The van der Waals surface area contributed by atoms with Gasteiger partial charge in [-0.1, -0.05) is 36.4 Å². The number of carbonyl (C=O) groups excluding carboxylic acids is 1. The predicted molar refractivity (Wildman–Crippen MR) is 162 cm³/mol. The van der Waals surface area contributed by atoms with Crippen LogP contribution in [0.2, 0.25) is 0 Å². The molecular formula is C31H33N7O3. The molecule has 0 unspecified atom stereocenters.